The summed E-state index contributed by atoms with van der Waals surface area (Å²) in [6, 6.07) is 5.71. The summed E-state index contributed by atoms with van der Waals surface area (Å²) >= 11 is 0. The summed E-state index contributed by atoms with van der Waals surface area (Å²) in [5, 5.41) is 10.2. The Bertz CT molecular complexity index is 626. The molecule has 2 atom stereocenters. The summed E-state index contributed by atoms with van der Waals surface area (Å²) in [5.41, 5.74) is 1.24. The molecule has 1 aliphatic rings. The number of hydrogen-bond acceptors (Lipinski definition) is 5. The standard InChI is InChI=1S/C15H17N3O3/c1-10-14(17-9-21-10)15(20)18-7-11(13(19)8-18)6-12-4-2-3-5-16-12/h2-5,9,11,13,19H,6-8H2,1H3/t11-,13-/m1/s1. The van der Waals surface area contributed by atoms with Crippen LogP contribution in [0.25, 0.3) is 0 Å². The topological polar surface area (TPSA) is 79.5 Å². The molecule has 3 heterocycles. The Morgan fingerprint density at radius 1 is 1.43 bits per heavy atom. The molecule has 1 fully saturated rings. The largest absolute Gasteiger partial charge is 0.448 e. The van der Waals surface area contributed by atoms with Gasteiger partial charge < -0.3 is 14.4 Å². The van der Waals surface area contributed by atoms with E-state index in [1.807, 2.05) is 18.2 Å². The Hall–Kier alpha value is -2.21. The molecular formula is C15H17N3O3. The maximum atomic E-state index is 12.3. The lowest BCUT2D eigenvalue weighted by Crippen LogP contribution is -2.30. The fourth-order valence-corrected chi connectivity index (χ4v) is 2.67. The number of aliphatic hydroxyl groups is 1. The average Bonchev–Trinajstić information content (AvgIpc) is 3.06. The van der Waals surface area contributed by atoms with E-state index in [1.54, 1.807) is 18.0 Å². The molecule has 6 nitrogen and oxygen atoms in total. The second-order valence-corrected chi connectivity index (χ2v) is 5.32. The van der Waals surface area contributed by atoms with E-state index < -0.39 is 6.10 Å². The maximum Gasteiger partial charge on any atom is 0.276 e. The van der Waals surface area contributed by atoms with Gasteiger partial charge >= 0.3 is 0 Å². The zero-order valence-electron chi connectivity index (χ0n) is 11.8. The molecule has 1 N–H and O–H groups in total. The van der Waals surface area contributed by atoms with Gasteiger partial charge in [0.2, 0.25) is 0 Å². The lowest BCUT2D eigenvalue weighted by molar-refractivity contribution is 0.0758. The van der Waals surface area contributed by atoms with E-state index in [4.69, 9.17) is 4.42 Å². The molecule has 1 amide bonds. The van der Waals surface area contributed by atoms with Crippen molar-refractivity contribution >= 4 is 5.91 Å². The van der Waals surface area contributed by atoms with Crippen LogP contribution >= 0.6 is 0 Å². The molecular weight excluding hydrogens is 270 g/mol. The van der Waals surface area contributed by atoms with Gasteiger partial charge in [-0.1, -0.05) is 6.07 Å². The lowest BCUT2D eigenvalue weighted by atomic mass is 10.00. The number of pyridine rings is 1. The second-order valence-electron chi connectivity index (χ2n) is 5.32. The van der Waals surface area contributed by atoms with Gasteiger partial charge in [-0.2, -0.15) is 0 Å². The summed E-state index contributed by atoms with van der Waals surface area (Å²) in [7, 11) is 0. The minimum absolute atomic E-state index is 0.00365. The minimum atomic E-state index is -0.539. The quantitative estimate of drug-likeness (QED) is 0.913. The van der Waals surface area contributed by atoms with Crippen molar-refractivity contribution in [2.45, 2.75) is 19.4 Å². The second kappa shape index (κ2) is 5.65. The summed E-state index contributed by atoms with van der Waals surface area (Å²) in [5.74, 6) is 0.308. The molecule has 2 aromatic heterocycles. The van der Waals surface area contributed by atoms with Crippen LogP contribution < -0.4 is 0 Å². The van der Waals surface area contributed by atoms with E-state index in [-0.39, 0.29) is 11.8 Å². The molecule has 1 aliphatic heterocycles. The van der Waals surface area contributed by atoms with Gasteiger partial charge in [0.05, 0.1) is 6.10 Å². The fourth-order valence-electron chi connectivity index (χ4n) is 2.67. The van der Waals surface area contributed by atoms with E-state index in [2.05, 4.69) is 9.97 Å². The van der Waals surface area contributed by atoms with E-state index in [1.165, 1.54) is 6.39 Å². The molecule has 110 valence electrons. The van der Waals surface area contributed by atoms with Crippen LogP contribution in [0.1, 0.15) is 21.9 Å². The highest BCUT2D eigenvalue weighted by atomic mass is 16.3. The van der Waals surface area contributed by atoms with Gasteiger partial charge in [-0.3, -0.25) is 9.78 Å². The zero-order valence-corrected chi connectivity index (χ0v) is 11.8. The normalized spacial score (nSPS) is 21.7. The number of aromatic nitrogens is 2. The summed E-state index contributed by atoms with van der Waals surface area (Å²) < 4.78 is 5.06. The molecule has 21 heavy (non-hydrogen) atoms. The predicted molar refractivity (Wildman–Crippen MR) is 74.6 cm³/mol. The summed E-state index contributed by atoms with van der Waals surface area (Å²) in [6.07, 6.45) is 3.12. The van der Waals surface area contributed by atoms with Crippen molar-refractivity contribution < 1.29 is 14.3 Å². The lowest BCUT2D eigenvalue weighted by Gasteiger charge is -2.14. The van der Waals surface area contributed by atoms with Crippen LogP contribution in [0.2, 0.25) is 0 Å². The van der Waals surface area contributed by atoms with Crippen LogP contribution in [0.3, 0.4) is 0 Å². The Kier molecular flexibility index (Phi) is 3.70. The number of oxazole rings is 1. The first-order valence-electron chi connectivity index (χ1n) is 6.92. The molecule has 0 radical (unpaired) electrons. The first-order chi connectivity index (χ1) is 10.1. The third-order valence-electron chi connectivity index (χ3n) is 3.84. The minimum Gasteiger partial charge on any atom is -0.448 e. The van der Waals surface area contributed by atoms with Crippen molar-refractivity contribution in [3.8, 4) is 0 Å². The number of aryl methyl sites for hydroxylation is 1. The number of likely N-dealkylation sites (tertiary alicyclic amines) is 1. The SMILES string of the molecule is Cc1ocnc1C(=O)N1C[C@@H](Cc2ccccn2)[C@H](O)C1. The molecule has 0 aliphatic carbocycles. The molecule has 0 saturated carbocycles. The fraction of sp³-hybridized carbons (Fsp3) is 0.400. The third kappa shape index (κ3) is 2.80. The van der Waals surface area contributed by atoms with Crippen molar-refractivity contribution in [1.82, 2.24) is 14.9 Å². The molecule has 1 saturated heterocycles. The Morgan fingerprint density at radius 3 is 2.95 bits per heavy atom. The van der Waals surface area contributed by atoms with E-state index in [0.29, 0.717) is 31.0 Å². The van der Waals surface area contributed by atoms with Crippen LogP contribution in [0.4, 0.5) is 0 Å². The smallest absolute Gasteiger partial charge is 0.276 e. The maximum absolute atomic E-state index is 12.3. The van der Waals surface area contributed by atoms with Gasteiger partial charge in [-0.05, 0) is 25.5 Å². The first kappa shape index (κ1) is 13.8. The van der Waals surface area contributed by atoms with Crippen LogP contribution in [0.15, 0.2) is 35.2 Å². The molecule has 0 aromatic carbocycles. The number of carbonyl (C=O) groups excluding carboxylic acids is 1. The number of nitrogens with zero attached hydrogens (tertiary/aromatic N) is 3. The van der Waals surface area contributed by atoms with Gasteiger partial charge in [0.25, 0.3) is 5.91 Å². The van der Waals surface area contributed by atoms with E-state index >= 15 is 0 Å². The van der Waals surface area contributed by atoms with Crippen LogP contribution in [-0.4, -0.2) is 45.1 Å². The number of β-amino-alcohol motifs (C(OH)–C–C–N with tert-alkyl or cyclic N) is 1. The molecule has 0 spiro atoms. The first-order valence-corrected chi connectivity index (χ1v) is 6.92. The third-order valence-corrected chi connectivity index (χ3v) is 3.84. The highest BCUT2D eigenvalue weighted by molar-refractivity contribution is 5.93. The van der Waals surface area contributed by atoms with Crippen LogP contribution in [0, 0.1) is 12.8 Å². The van der Waals surface area contributed by atoms with Crippen molar-refractivity contribution in [2.75, 3.05) is 13.1 Å². The van der Waals surface area contributed by atoms with Gasteiger partial charge in [-0.15, -0.1) is 0 Å². The van der Waals surface area contributed by atoms with Crippen molar-refractivity contribution in [3.63, 3.8) is 0 Å². The molecule has 2 aromatic rings. The molecule has 0 bridgehead atoms. The van der Waals surface area contributed by atoms with Crippen LogP contribution in [0.5, 0.6) is 0 Å². The average molecular weight is 287 g/mol. The van der Waals surface area contributed by atoms with Gasteiger partial charge in [0.1, 0.15) is 5.76 Å². The highest BCUT2D eigenvalue weighted by Crippen LogP contribution is 2.23. The Balaban J connectivity index is 1.69. The summed E-state index contributed by atoms with van der Waals surface area (Å²) in [6.45, 7) is 2.53. The van der Waals surface area contributed by atoms with Gasteiger partial charge in [-0.25, -0.2) is 4.98 Å². The number of amides is 1. The zero-order chi connectivity index (χ0) is 14.8. The van der Waals surface area contributed by atoms with E-state index in [0.717, 1.165) is 5.69 Å². The number of aliphatic hydroxyl groups excluding tert-OH is 1. The van der Waals surface area contributed by atoms with Crippen molar-refractivity contribution in [1.29, 1.82) is 0 Å². The predicted octanol–water partition coefficient (Wildman–Crippen LogP) is 1.05. The van der Waals surface area contributed by atoms with Gasteiger partial charge in [0.15, 0.2) is 12.1 Å². The number of carbonyl (C=O) groups is 1. The van der Waals surface area contributed by atoms with Crippen molar-refractivity contribution in [2.24, 2.45) is 5.92 Å². The van der Waals surface area contributed by atoms with Gasteiger partial charge in [0, 0.05) is 30.9 Å². The van der Waals surface area contributed by atoms with Crippen LogP contribution in [-0.2, 0) is 6.42 Å². The Labute approximate surface area is 122 Å². The number of rotatable bonds is 3. The molecule has 6 heteroatoms. The monoisotopic (exact) mass is 287 g/mol. The Morgan fingerprint density at radius 2 is 2.29 bits per heavy atom. The summed E-state index contributed by atoms with van der Waals surface area (Å²) in [4.78, 5) is 22.2. The molecule has 3 rings (SSSR count). The highest BCUT2D eigenvalue weighted by Gasteiger charge is 2.35. The van der Waals surface area contributed by atoms with E-state index in [9.17, 15) is 9.90 Å². The van der Waals surface area contributed by atoms with Crippen molar-refractivity contribution in [3.05, 3.63) is 47.9 Å². The molecule has 0 unspecified atom stereocenters. The number of hydrogen-bond donors (Lipinski definition) is 1.